The SMILES string of the molecule is NC(=O)c1cccnc1Oc1cccc(C(F)(F)F)c1. The van der Waals surface area contributed by atoms with Crippen LogP contribution in [0, 0.1) is 0 Å². The number of carbonyl (C=O) groups is 1. The van der Waals surface area contributed by atoms with Gasteiger partial charge in [0.25, 0.3) is 5.91 Å². The highest BCUT2D eigenvalue weighted by atomic mass is 19.4. The molecule has 0 bridgehead atoms. The summed E-state index contributed by atoms with van der Waals surface area (Å²) in [5.41, 5.74) is 4.26. The molecule has 0 spiro atoms. The predicted octanol–water partition coefficient (Wildman–Crippen LogP) is 2.99. The third-order valence-corrected chi connectivity index (χ3v) is 2.41. The van der Waals surface area contributed by atoms with E-state index in [1.807, 2.05) is 0 Å². The van der Waals surface area contributed by atoms with Crippen molar-refractivity contribution < 1.29 is 22.7 Å². The average molecular weight is 282 g/mol. The monoisotopic (exact) mass is 282 g/mol. The largest absolute Gasteiger partial charge is 0.438 e. The Hall–Kier alpha value is -2.57. The number of benzene rings is 1. The van der Waals surface area contributed by atoms with Gasteiger partial charge in [0, 0.05) is 6.20 Å². The number of hydrogen-bond acceptors (Lipinski definition) is 3. The highest BCUT2D eigenvalue weighted by Gasteiger charge is 2.30. The van der Waals surface area contributed by atoms with Crippen LogP contribution in [0.2, 0.25) is 0 Å². The average Bonchev–Trinajstić information content (AvgIpc) is 2.38. The number of carbonyl (C=O) groups excluding carboxylic acids is 1. The Morgan fingerprint density at radius 1 is 1.20 bits per heavy atom. The summed E-state index contributed by atoms with van der Waals surface area (Å²) in [5, 5.41) is 0. The van der Waals surface area contributed by atoms with Gasteiger partial charge in [-0.05, 0) is 30.3 Å². The minimum Gasteiger partial charge on any atom is -0.438 e. The summed E-state index contributed by atoms with van der Waals surface area (Å²) in [6, 6.07) is 7.11. The molecule has 4 nitrogen and oxygen atoms in total. The molecule has 0 radical (unpaired) electrons. The lowest BCUT2D eigenvalue weighted by Crippen LogP contribution is -2.13. The molecule has 0 atom stereocenters. The molecule has 0 aliphatic rings. The topological polar surface area (TPSA) is 65.2 Å². The maximum absolute atomic E-state index is 12.6. The van der Waals surface area contributed by atoms with Crippen LogP contribution in [0.25, 0.3) is 0 Å². The number of hydrogen-bond donors (Lipinski definition) is 1. The summed E-state index contributed by atoms with van der Waals surface area (Å²) in [7, 11) is 0. The van der Waals surface area contributed by atoms with Gasteiger partial charge in [-0.1, -0.05) is 6.07 Å². The van der Waals surface area contributed by atoms with E-state index in [-0.39, 0.29) is 17.2 Å². The van der Waals surface area contributed by atoms with E-state index in [0.717, 1.165) is 12.1 Å². The molecule has 0 unspecified atom stereocenters. The van der Waals surface area contributed by atoms with Crippen LogP contribution in [0.3, 0.4) is 0 Å². The van der Waals surface area contributed by atoms with Crippen molar-refractivity contribution in [3.8, 4) is 11.6 Å². The number of alkyl halides is 3. The standard InChI is InChI=1S/C13H9F3N2O2/c14-13(15,16)8-3-1-4-9(7-8)20-12-10(11(17)19)5-2-6-18-12/h1-7H,(H2,17,19). The van der Waals surface area contributed by atoms with Crippen LogP contribution in [0.4, 0.5) is 13.2 Å². The van der Waals surface area contributed by atoms with E-state index in [4.69, 9.17) is 10.5 Å². The molecule has 0 aliphatic heterocycles. The van der Waals surface area contributed by atoms with Crippen LogP contribution < -0.4 is 10.5 Å². The van der Waals surface area contributed by atoms with E-state index in [0.29, 0.717) is 0 Å². The zero-order valence-electron chi connectivity index (χ0n) is 10.0. The summed E-state index contributed by atoms with van der Waals surface area (Å²) >= 11 is 0. The molecule has 0 fully saturated rings. The third-order valence-electron chi connectivity index (χ3n) is 2.41. The third kappa shape index (κ3) is 3.05. The van der Waals surface area contributed by atoms with Gasteiger partial charge >= 0.3 is 6.18 Å². The molecule has 2 aromatic rings. The fraction of sp³-hybridized carbons (Fsp3) is 0.0769. The number of nitrogens with two attached hydrogens (primary N) is 1. The molecule has 104 valence electrons. The fourth-order valence-electron chi connectivity index (χ4n) is 1.51. The fourth-order valence-corrected chi connectivity index (χ4v) is 1.51. The number of amides is 1. The molecule has 0 aliphatic carbocycles. The first-order valence-electron chi connectivity index (χ1n) is 5.48. The summed E-state index contributed by atoms with van der Waals surface area (Å²) in [6.45, 7) is 0. The zero-order valence-corrected chi connectivity index (χ0v) is 10.0. The Balaban J connectivity index is 2.34. The van der Waals surface area contributed by atoms with E-state index >= 15 is 0 Å². The summed E-state index contributed by atoms with van der Waals surface area (Å²) in [6.07, 6.45) is -3.13. The van der Waals surface area contributed by atoms with Gasteiger partial charge in [-0.15, -0.1) is 0 Å². The molecule has 1 aromatic carbocycles. The Kier molecular flexibility index (Phi) is 3.60. The molecular weight excluding hydrogens is 273 g/mol. The lowest BCUT2D eigenvalue weighted by molar-refractivity contribution is -0.137. The van der Waals surface area contributed by atoms with E-state index in [1.54, 1.807) is 0 Å². The van der Waals surface area contributed by atoms with Gasteiger partial charge < -0.3 is 10.5 Å². The zero-order chi connectivity index (χ0) is 14.8. The van der Waals surface area contributed by atoms with Crippen molar-refractivity contribution in [2.75, 3.05) is 0 Å². The maximum atomic E-state index is 12.6. The lowest BCUT2D eigenvalue weighted by Gasteiger charge is -2.10. The van der Waals surface area contributed by atoms with Gasteiger partial charge in [0.05, 0.1) is 5.56 Å². The maximum Gasteiger partial charge on any atom is 0.416 e. The number of rotatable bonds is 3. The van der Waals surface area contributed by atoms with Crippen LogP contribution >= 0.6 is 0 Å². The Labute approximate surface area is 112 Å². The van der Waals surface area contributed by atoms with Crippen LogP contribution in [-0.2, 0) is 6.18 Å². The number of pyridine rings is 1. The van der Waals surface area contributed by atoms with Gasteiger partial charge in [-0.3, -0.25) is 4.79 Å². The molecule has 1 aromatic heterocycles. The second kappa shape index (κ2) is 5.20. The van der Waals surface area contributed by atoms with Crippen molar-refractivity contribution in [2.24, 2.45) is 5.73 Å². The summed E-state index contributed by atoms with van der Waals surface area (Å²) < 4.78 is 42.9. The number of nitrogens with zero attached hydrogens (tertiary/aromatic N) is 1. The summed E-state index contributed by atoms with van der Waals surface area (Å²) in [4.78, 5) is 14.9. The molecule has 2 N–H and O–H groups in total. The number of ether oxygens (including phenoxy) is 1. The first-order chi connectivity index (χ1) is 9.38. The predicted molar refractivity (Wildman–Crippen MR) is 64.3 cm³/mol. The molecule has 7 heteroatoms. The van der Waals surface area contributed by atoms with Gasteiger partial charge in [0.1, 0.15) is 11.3 Å². The Morgan fingerprint density at radius 2 is 1.95 bits per heavy atom. The van der Waals surface area contributed by atoms with E-state index in [2.05, 4.69) is 4.98 Å². The molecule has 0 saturated heterocycles. The van der Waals surface area contributed by atoms with E-state index in [9.17, 15) is 18.0 Å². The quantitative estimate of drug-likeness (QED) is 0.941. The van der Waals surface area contributed by atoms with Crippen molar-refractivity contribution in [2.45, 2.75) is 6.18 Å². The smallest absolute Gasteiger partial charge is 0.416 e. The van der Waals surface area contributed by atoms with Gasteiger partial charge in [-0.25, -0.2) is 4.98 Å². The second-order valence-corrected chi connectivity index (χ2v) is 3.85. The van der Waals surface area contributed by atoms with Crippen LogP contribution in [-0.4, -0.2) is 10.9 Å². The van der Waals surface area contributed by atoms with Crippen LogP contribution in [0.1, 0.15) is 15.9 Å². The number of halogens is 3. The summed E-state index contributed by atoms with van der Waals surface area (Å²) in [5.74, 6) is -1.000. The lowest BCUT2D eigenvalue weighted by atomic mass is 10.2. The number of primary amides is 1. The molecular formula is C13H9F3N2O2. The molecule has 1 heterocycles. The van der Waals surface area contributed by atoms with Crippen LogP contribution in [0.15, 0.2) is 42.6 Å². The van der Waals surface area contributed by atoms with Gasteiger partial charge in [0.15, 0.2) is 0 Å². The normalized spacial score (nSPS) is 11.2. The highest BCUT2D eigenvalue weighted by Crippen LogP contribution is 2.32. The highest BCUT2D eigenvalue weighted by molar-refractivity contribution is 5.95. The van der Waals surface area contributed by atoms with Crippen molar-refractivity contribution in [1.29, 1.82) is 0 Å². The minimum absolute atomic E-state index is 0.00934. The first-order valence-corrected chi connectivity index (χ1v) is 5.48. The molecule has 0 saturated carbocycles. The Bertz CT molecular complexity index is 642. The van der Waals surface area contributed by atoms with E-state index < -0.39 is 17.6 Å². The van der Waals surface area contributed by atoms with Gasteiger partial charge in [-0.2, -0.15) is 13.2 Å². The molecule has 2 rings (SSSR count). The van der Waals surface area contributed by atoms with Crippen molar-refractivity contribution in [1.82, 2.24) is 4.98 Å². The molecule has 20 heavy (non-hydrogen) atoms. The molecule has 1 amide bonds. The van der Waals surface area contributed by atoms with Gasteiger partial charge in [0.2, 0.25) is 5.88 Å². The minimum atomic E-state index is -4.48. The van der Waals surface area contributed by atoms with Crippen molar-refractivity contribution >= 4 is 5.91 Å². The van der Waals surface area contributed by atoms with Crippen molar-refractivity contribution in [3.63, 3.8) is 0 Å². The van der Waals surface area contributed by atoms with E-state index in [1.165, 1.54) is 30.5 Å². The van der Waals surface area contributed by atoms with Crippen LogP contribution in [0.5, 0.6) is 11.6 Å². The number of aromatic nitrogens is 1. The van der Waals surface area contributed by atoms with Crippen molar-refractivity contribution in [3.05, 3.63) is 53.7 Å². The second-order valence-electron chi connectivity index (χ2n) is 3.85. The first kappa shape index (κ1) is 13.9. The Morgan fingerprint density at radius 3 is 2.60 bits per heavy atom.